The van der Waals surface area contributed by atoms with Crippen LogP contribution in [0.3, 0.4) is 0 Å². The highest BCUT2D eigenvalue weighted by molar-refractivity contribution is 6.06. The van der Waals surface area contributed by atoms with Crippen LogP contribution in [-0.4, -0.2) is 34.9 Å². The van der Waals surface area contributed by atoms with E-state index in [0.717, 1.165) is 32.4 Å². The zero-order valence-electron chi connectivity index (χ0n) is 11.6. The molecule has 18 heavy (non-hydrogen) atoms. The van der Waals surface area contributed by atoms with Crippen molar-refractivity contribution in [2.75, 3.05) is 13.1 Å². The quantitative estimate of drug-likeness (QED) is 0.340. The minimum absolute atomic E-state index is 0.00828. The van der Waals surface area contributed by atoms with Gasteiger partial charge in [-0.05, 0) is 32.1 Å². The number of likely N-dealkylation sites (tertiary alicyclic amines) is 1. The molecule has 5 heteroatoms. The zero-order valence-corrected chi connectivity index (χ0v) is 11.6. The monoisotopic (exact) mass is 255 g/mol. The molecule has 1 aliphatic heterocycles. The third-order valence-corrected chi connectivity index (χ3v) is 4.12. The van der Waals surface area contributed by atoms with Crippen molar-refractivity contribution in [3.05, 3.63) is 0 Å². The molecule has 3 N–H and O–H groups in total. The van der Waals surface area contributed by atoms with Crippen LogP contribution in [-0.2, 0) is 4.79 Å². The molecule has 0 aromatic rings. The number of amidine groups is 1. The summed E-state index contributed by atoms with van der Waals surface area (Å²) < 4.78 is 0. The average Bonchev–Trinajstić information content (AvgIpc) is 2.84. The van der Waals surface area contributed by atoms with Gasteiger partial charge in [0, 0.05) is 13.1 Å². The summed E-state index contributed by atoms with van der Waals surface area (Å²) in [5.41, 5.74) is 4.80. The second kappa shape index (κ2) is 6.07. The van der Waals surface area contributed by atoms with E-state index in [1.54, 1.807) is 6.92 Å². The van der Waals surface area contributed by atoms with Crippen molar-refractivity contribution < 1.29 is 10.0 Å². The van der Waals surface area contributed by atoms with Crippen LogP contribution in [0.15, 0.2) is 5.16 Å². The molecule has 1 fully saturated rings. The molecule has 0 aromatic heterocycles. The molecule has 0 aliphatic carbocycles. The second-order valence-corrected chi connectivity index (χ2v) is 5.37. The Labute approximate surface area is 109 Å². The van der Waals surface area contributed by atoms with E-state index in [1.807, 2.05) is 11.8 Å². The lowest BCUT2D eigenvalue weighted by atomic mass is 9.84. The van der Waals surface area contributed by atoms with Gasteiger partial charge in [0.2, 0.25) is 5.91 Å². The molecular formula is C13H25N3O2. The Kier molecular flexibility index (Phi) is 4.99. The Morgan fingerprint density at radius 3 is 2.72 bits per heavy atom. The van der Waals surface area contributed by atoms with Crippen LogP contribution in [0.1, 0.15) is 46.5 Å². The van der Waals surface area contributed by atoms with Gasteiger partial charge >= 0.3 is 0 Å². The molecule has 1 heterocycles. The first-order chi connectivity index (χ1) is 8.49. The lowest BCUT2D eigenvalue weighted by Crippen LogP contribution is -2.48. The van der Waals surface area contributed by atoms with Crippen LogP contribution in [0.4, 0.5) is 0 Å². The molecule has 2 unspecified atom stereocenters. The Morgan fingerprint density at radius 2 is 2.22 bits per heavy atom. The first-order valence-corrected chi connectivity index (χ1v) is 6.76. The van der Waals surface area contributed by atoms with Gasteiger partial charge in [0.05, 0.1) is 0 Å². The van der Waals surface area contributed by atoms with Gasteiger partial charge in [-0.15, -0.1) is 0 Å². The highest BCUT2D eigenvalue weighted by Gasteiger charge is 2.41. The van der Waals surface area contributed by atoms with Crippen molar-refractivity contribution in [3.63, 3.8) is 0 Å². The number of nitrogens with two attached hydrogens (primary N) is 1. The number of carbonyl (C=O) groups excluding carboxylic acids is 1. The van der Waals surface area contributed by atoms with Crippen LogP contribution in [0.25, 0.3) is 0 Å². The summed E-state index contributed by atoms with van der Waals surface area (Å²) in [6.45, 7) is 7.39. The van der Waals surface area contributed by atoms with Crippen LogP contribution < -0.4 is 5.73 Å². The minimum Gasteiger partial charge on any atom is -0.409 e. The summed E-state index contributed by atoms with van der Waals surface area (Å²) in [5.74, 6) is 0.597. The molecule has 1 amide bonds. The van der Waals surface area contributed by atoms with E-state index in [0.29, 0.717) is 12.3 Å². The Bertz CT molecular complexity index is 330. The van der Waals surface area contributed by atoms with E-state index < -0.39 is 5.41 Å². The lowest BCUT2D eigenvalue weighted by Gasteiger charge is -2.30. The first kappa shape index (κ1) is 14.8. The third-order valence-electron chi connectivity index (χ3n) is 4.12. The molecule has 2 atom stereocenters. The molecule has 0 saturated carbocycles. The van der Waals surface area contributed by atoms with Gasteiger partial charge in [-0.1, -0.05) is 25.4 Å². The fourth-order valence-electron chi connectivity index (χ4n) is 2.56. The number of amides is 1. The second-order valence-electron chi connectivity index (χ2n) is 5.37. The summed E-state index contributed by atoms with van der Waals surface area (Å²) in [4.78, 5) is 14.4. The zero-order chi connectivity index (χ0) is 13.8. The maximum Gasteiger partial charge on any atom is 0.236 e. The topological polar surface area (TPSA) is 78.9 Å². The maximum absolute atomic E-state index is 12.5. The normalized spacial score (nSPS) is 24.1. The van der Waals surface area contributed by atoms with Gasteiger partial charge in [-0.2, -0.15) is 0 Å². The Hall–Kier alpha value is -1.26. The predicted molar refractivity (Wildman–Crippen MR) is 71.4 cm³/mol. The average molecular weight is 255 g/mol. The lowest BCUT2D eigenvalue weighted by molar-refractivity contribution is -0.137. The smallest absolute Gasteiger partial charge is 0.236 e. The third kappa shape index (κ3) is 2.76. The van der Waals surface area contributed by atoms with E-state index in [2.05, 4.69) is 12.1 Å². The molecule has 5 nitrogen and oxygen atoms in total. The predicted octanol–water partition coefficient (Wildman–Crippen LogP) is 1.80. The largest absolute Gasteiger partial charge is 0.409 e. The number of nitrogens with zero attached hydrogens (tertiary/aromatic N) is 2. The summed E-state index contributed by atoms with van der Waals surface area (Å²) in [6.07, 6.45) is 3.92. The van der Waals surface area contributed by atoms with Crippen molar-refractivity contribution in [1.29, 1.82) is 0 Å². The van der Waals surface area contributed by atoms with Gasteiger partial charge in [0.15, 0.2) is 5.84 Å². The van der Waals surface area contributed by atoms with Crippen molar-refractivity contribution in [1.82, 2.24) is 4.90 Å². The number of rotatable bonds is 5. The first-order valence-electron chi connectivity index (χ1n) is 6.76. The Morgan fingerprint density at radius 1 is 1.56 bits per heavy atom. The summed E-state index contributed by atoms with van der Waals surface area (Å²) in [5, 5.41) is 11.8. The van der Waals surface area contributed by atoms with Crippen LogP contribution in [0.5, 0.6) is 0 Å². The minimum atomic E-state index is -0.879. The SMILES string of the molecule is CCCC1CCN(C(=O)C(C)(CC)C(N)=NO)C1. The maximum atomic E-state index is 12.5. The number of carbonyl (C=O) groups is 1. The van der Waals surface area contributed by atoms with Gasteiger partial charge in [0.1, 0.15) is 5.41 Å². The molecule has 0 bridgehead atoms. The summed E-state index contributed by atoms with van der Waals surface area (Å²) in [7, 11) is 0. The van der Waals surface area contributed by atoms with Crippen LogP contribution in [0.2, 0.25) is 0 Å². The van der Waals surface area contributed by atoms with Crippen LogP contribution in [0, 0.1) is 11.3 Å². The molecule has 0 aromatic carbocycles. The van der Waals surface area contributed by atoms with E-state index in [-0.39, 0.29) is 11.7 Å². The molecule has 1 rings (SSSR count). The fourth-order valence-corrected chi connectivity index (χ4v) is 2.56. The number of oxime groups is 1. The van der Waals surface area contributed by atoms with Crippen molar-refractivity contribution in [2.24, 2.45) is 22.2 Å². The molecular weight excluding hydrogens is 230 g/mol. The standard InChI is InChI=1S/C13H25N3O2/c1-4-6-10-7-8-16(9-10)12(17)13(3,5-2)11(14)15-18/h10,18H,4-9H2,1-3H3,(H2,14,15). The fraction of sp³-hybridized carbons (Fsp3) is 0.846. The summed E-state index contributed by atoms with van der Waals surface area (Å²) in [6, 6.07) is 0. The van der Waals surface area contributed by atoms with E-state index in [1.165, 1.54) is 0 Å². The molecule has 0 spiro atoms. The number of hydrogen-bond donors (Lipinski definition) is 2. The van der Waals surface area contributed by atoms with E-state index >= 15 is 0 Å². The van der Waals surface area contributed by atoms with E-state index in [4.69, 9.17) is 10.9 Å². The van der Waals surface area contributed by atoms with E-state index in [9.17, 15) is 4.79 Å². The van der Waals surface area contributed by atoms with Gasteiger partial charge in [-0.25, -0.2) is 0 Å². The number of hydrogen-bond acceptors (Lipinski definition) is 3. The van der Waals surface area contributed by atoms with Gasteiger partial charge in [0.25, 0.3) is 0 Å². The molecule has 1 saturated heterocycles. The van der Waals surface area contributed by atoms with Crippen molar-refractivity contribution in [3.8, 4) is 0 Å². The highest BCUT2D eigenvalue weighted by atomic mass is 16.4. The molecule has 1 aliphatic rings. The molecule has 0 radical (unpaired) electrons. The highest BCUT2D eigenvalue weighted by Crippen LogP contribution is 2.29. The van der Waals surface area contributed by atoms with Gasteiger partial charge < -0.3 is 15.8 Å². The van der Waals surface area contributed by atoms with Gasteiger partial charge in [-0.3, -0.25) is 4.79 Å². The van der Waals surface area contributed by atoms with Crippen molar-refractivity contribution >= 4 is 11.7 Å². The summed E-state index contributed by atoms with van der Waals surface area (Å²) >= 11 is 0. The van der Waals surface area contributed by atoms with Crippen molar-refractivity contribution in [2.45, 2.75) is 46.5 Å². The Balaban J connectivity index is 2.75. The molecule has 104 valence electrons. The van der Waals surface area contributed by atoms with Crippen LogP contribution >= 0.6 is 0 Å².